The predicted molar refractivity (Wildman–Crippen MR) is 63.3 cm³/mol. The zero-order valence-electron chi connectivity index (χ0n) is 9.47. The number of hydrogen-bond acceptors (Lipinski definition) is 2. The molecule has 0 bridgehead atoms. The molecule has 82 valence electrons. The number of imidazole rings is 1. The van der Waals surface area contributed by atoms with Gasteiger partial charge in [0.05, 0.1) is 18.2 Å². The molecule has 16 heavy (non-hydrogen) atoms. The fourth-order valence-corrected chi connectivity index (χ4v) is 1.71. The lowest BCUT2D eigenvalue weighted by atomic mass is 10.1. The first-order chi connectivity index (χ1) is 7.72. The van der Waals surface area contributed by atoms with Crippen molar-refractivity contribution in [1.82, 2.24) is 9.55 Å². The third-order valence-corrected chi connectivity index (χ3v) is 2.62. The van der Waals surface area contributed by atoms with Gasteiger partial charge in [-0.3, -0.25) is 4.79 Å². The number of carbonyl (C=O) groups excluding carboxylic acids is 1. The second-order valence-corrected chi connectivity index (χ2v) is 3.70. The smallest absolute Gasteiger partial charge is 0.159 e. The molecule has 0 unspecified atom stereocenters. The maximum absolute atomic E-state index is 11.3. The highest BCUT2D eigenvalue weighted by Gasteiger charge is 2.06. The van der Waals surface area contributed by atoms with Crippen LogP contribution in [0.1, 0.15) is 24.2 Å². The summed E-state index contributed by atoms with van der Waals surface area (Å²) in [5.74, 6) is 0.0874. The number of aromatic nitrogens is 2. The summed E-state index contributed by atoms with van der Waals surface area (Å²) in [6.07, 6.45) is 3.62. The normalized spacial score (nSPS) is 10.4. The summed E-state index contributed by atoms with van der Waals surface area (Å²) in [6, 6.07) is 7.64. The van der Waals surface area contributed by atoms with Gasteiger partial charge in [-0.25, -0.2) is 4.98 Å². The van der Waals surface area contributed by atoms with Gasteiger partial charge in [-0.15, -0.1) is 0 Å². The Morgan fingerprint density at radius 2 is 2.25 bits per heavy atom. The number of rotatable bonds is 3. The van der Waals surface area contributed by atoms with E-state index in [9.17, 15) is 4.79 Å². The lowest BCUT2D eigenvalue weighted by Crippen LogP contribution is -1.96. The van der Waals surface area contributed by atoms with E-state index in [0.29, 0.717) is 0 Å². The van der Waals surface area contributed by atoms with Crippen LogP contribution in [0.3, 0.4) is 0 Å². The molecule has 0 radical (unpaired) electrons. The van der Waals surface area contributed by atoms with Crippen LogP contribution in [0.25, 0.3) is 11.3 Å². The molecule has 0 fully saturated rings. The molecule has 2 aromatic rings. The van der Waals surface area contributed by atoms with E-state index in [1.54, 1.807) is 13.3 Å². The lowest BCUT2D eigenvalue weighted by molar-refractivity contribution is 0.101. The van der Waals surface area contributed by atoms with Gasteiger partial charge in [0, 0.05) is 17.7 Å². The molecule has 0 spiro atoms. The minimum absolute atomic E-state index is 0.0874. The van der Waals surface area contributed by atoms with E-state index in [4.69, 9.17) is 0 Å². The van der Waals surface area contributed by atoms with Gasteiger partial charge in [-0.1, -0.05) is 18.2 Å². The van der Waals surface area contributed by atoms with Crippen molar-refractivity contribution in [3.63, 3.8) is 0 Å². The van der Waals surface area contributed by atoms with Crippen molar-refractivity contribution in [3.05, 3.63) is 42.4 Å². The summed E-state index contributed by atoms with van der Waals surface area (Å²) >= 11 is 0. The fraction of sp³-hybridized carbons (Fsp3) is 0.231. The zero-order chi connectivity index (χ0) is 11.5. The average Bonchev–Trinajstić information content (AvgIpc) is 2.77. The van der Waals surface area contributed by atoms with Crippen molar-refractivity contribution in [2.45, 2.75) is 20.4 Å². The second-order valence-electron chi connectivity index (χ2n) is 3.70. The molecule has 0 atom stereocenters. The number of ketones is 1. The van der Waals surface area contributed by atoms with Crippen molar-refractivity contribution in [2.75, 3.05) is 0 Å². The van der Waals surface area contributed by atoms with E-state index >= 15 is 0 Å². The molecule has 0 aliphatic heterocycles. The Hall–Kier alpha value is -1.90. The Labute approximate surface area is 94.7 Å². The highest BCUT2D eigenvalue weighted by atomic mass is 16.1. The number of nitrogens with zero attached hydrogens (tertiary/aromatic N) is 2. The van der Waals surface area contributed by atoms with Gasteiger partial charge in [0.1, 0.15) is 0 Å². The average molecular weight is 214 g/mol. The fourth-order valence-electron chi connectivity index (χ4n) is 1.71. The van der Waals surface area contributed by atoms with Crippen LogP contribution in [0.4, 0.5) is 0 Å². The number of hydrogen-bond donors (Lipinski definition) is 0. The van der Waals surface area contributed by atoms with E-state index in [-0.39, 0.29) is 5.78 Å². The molecule has 0 aliphatic rings. The highest BCUT2D eigenvalue weighted by molar-refractivity contribution is 5.95. The lowest BCUT2D eigenvalue weighted by Gasteiger charge is -2.06. The van der Waals surface area contributed by atoms with E-state index in [0.717, 1.165) is 23.4 Å². The molecule has 1 aromatic carbocycles. The van der Waals surface area contributed by atoms with Crippen molar-refractivity contribution >= 4 is 5.78 Å². The predicted octanol–water partition coefficient (Wildman–Crippen LogP) is 2.77. The molecule has 2 rings (SSSR count). The summed E-state index contributed by atoms with van der Waals surface area (Å²) in [5.41, 5.74) is 2.82. The van der Waals surface area contributed by atoms with Crippen molar-refractivity contribution in [1.29, 1.82) is 0 Å². The minimum Gasteiger partial charge on any atom is -0.331 e. The Balaban J connectivity index is 2.48. The summed E-state index contributed by atoms with van der Waals surface area (Å²) in [5, 5.41) is 0. The van der Waals surface area contributed by atoms with Crippen LogP contribution in [0.5, 0.6) is 0 Å². The molecule has 1 heterocycles. The molecule has 0 N–H and O–H groups in total. The van der Waals surface area contributed by atoms with Crippen LogP contribution in [0.15, 0.2) is 36.8 Å². The van der Waals surface area contributed by atoms with Gasteiger partial charge in [-0.2, -0.15) is 0 Å². The maximum atomic E-state index is 11.3. The first-order valence-corrected chi connectivity index (χ1v) is 5.34. The number of Topliss-reactive ketones (excluding diaryl/α,β-unsaturated/α-hetero) is 1. The molecular formula is C13H14N2O. The van der Waals surface area contributed by atoms with Crippen LogP contribution in [0, 0.1) is 0 Å². The van der Waals surface area contributed by atoms with Crippen LogP contribution in [0.2, 0.25) is 0 Å². The largest absolute Gasteiger partial charge is 0.331 e. The Morgan fingerprint density at radius 3 is 2.94 bits per heavy atom. The third-order valence-electron chi connectivity index (χ3n) is 2.62. The highest BCUT2D eigenvalue weighted by Crippen LogP contribution is 2.20. The number of carbonyl (C=O) groups is 1. The molecule has 0 saturated carbocycles. The number of benzene rings is 1. The molecule has 3 nitrogen and oxygen atoms in total. The van der Waals surface area contributed by atoms with E-state index in [1.807, 2.05) is 30.5 Å². The van der Waals surface area contributed by atoms with Gasteiger partial charge in [-0.05, 0) is 19.9 Å². The van der Waals surface area contributed by atoms with E-state index < -0.39 is 0 Å². The van der Waals surface area contributed by atoms with Crippen LogP contribution in [-0.2, 0) is 6.54 Å². The quantitative estimate of drug-likeness (QED) is 0.736. The molecule has 1 aromatic heterocycles. The second kappa shape index (κ2) is 4.31. The monoisotopic (exact) mass is 214 g/mol. The van der Waals surface area contributed by atoms with Gasteiger partial charge in [0.25, 0.3) is 0 Å². The molecule has 0 aliphatic carbocycles. The Kier molecular flexibility index (Phi) is 2.86. The van der Waals surface area contributed by atoms with Gasteiger partial charge in [0.15, 0.2) is 5.78 Å². The summed E-state index contributed by atoms with van der Waals surface area (Å²) < 4.78 is 2.05. The van der Waals surface area contributed by atoms with Crippen LogP contribution in [-0.4, -0.2) is 15.3 Å². The molecular weight excluding hydrogens is 200 g/mol. The van der Waals surface area contributed by atoms with Gasteiger partial charge in [0.2, 0.25) is 0 Å². The van der Waals surface area contributed by atoms with Crippen LogP contribution >= 0.6 is 0 Å². The van der Waals surface area contributed by atoms with Crippen molar-refractivity contribution in [2.24, 2.45) is 0 Å². The summed E-state index contributed by atoms with van der Waals surface area (Å²) in [4.78, 5) is 15.4. The first kappa shape index (κ1) is 10.6. The standard InChI is InChI=1S/C13H14N2O/c1-3-15-9-14-8-13(15)12-6-4-5-11(7-12)10(2)16/h4-9H,3H2,1-2H3. The SMILES string of the molecule is CCn1cncc1-c1cccc(C(C)=O)c1. The zero-order valence-corrected chi connectivity index (χ0v) is 9.47. The van der Waals surface area contributed by atoms with E-state index in [1.165, 1.54) is 0 Å². The third kappa shape index (κ3) is 1.89. The minimum atomic E-state index is 0.0874. The number of aryl methyl sites for hydroxylation is 1. The van der Waals surface area contributed by atoms with Crippen molar-refractivity contribution in [3.8, 4) is 11.3 Å². The Morgan fingerprint density at radius 1 is 1.44 bits per heavy atom. The summed E-state index contributed by atoms with van der Waals surface area (Å²) in [7, 11) is 0. The maximum Gasteiger partial charge on any atom is 0.159 e. The topological polar surface area (TPSA) is 34.9 Å². The summed E-state index contributed by atoms with van der Waals surface area (Å²) in [6.45, 7) is 4.52. The first-order valence-electron chi connectivity index (χ1n) is 5.34. The van der Waals surface area contributed by atoms with E-state index in [2.05, 4.69) is 16.5 Å². The Bertz CT molecular complexity index is 514. The van der Waals surface area contributed by atoms with Gasteiger partial charge < -0.3 is 4.57 Å². The van der Waals surface area contributed by atoms with Crippen molar-refractivity contribution < 1.29 is 4.79 Å². The molecule has 0 saturated heterocycles. The molecule has 3 heteroatoms. The molecule has 0 amide bonds. The van der Waals surface area contributed by atoms with Crippen LogP contribution < -0.4 is 0 Å². The van der Waals surface area contributed by atoms with Gasteiger partial charge >= 0.3 is 0 Å².